The first-order chi connectivity index (χ1) is 13.6. The molecule has 0 unspecified atom stereocenters. The Kier molecular flexibility index (Phi) is 7.76. The minimum absolute atomic E-state index is 0.123. The molecular weight excluding hydrogens is 402 g/mol. The largest absolute Gasteiger partial charge is 0.544 e. The van der Waals surface area contributed by atoms with Crippen molar-refractivity contribution in [2.75, 3.05) is 13.6 Å². The average Bonchev–Trinajstić information content (AvgIpc) is 2.59. The van der Waals surface area contributed by atoms with Crippen LogP contribution in [0.15, 0.2) is 24.3 Å². The van der Waals surface area contributed by atoms with Gasteiger partial charge in [0.1, 0.15) is 5.75 Å². The van der Waals surface area contributed by atoms with Gasteiger partial charge in [-0.15, -0.1) is 0 Å². The maximum atomic E-state index is 7.06. The van der Waals surface area contributed by atoms with Gasteiger partial charge in [0.05, 0.1) is 6.10 Å². The maximum Gasteiger partial charge on any atom is 0.250 e. The first-order valence-corrected chi connectivity index (χ1v) is 17.5. The first kappa shape index (κ1) is 25.6. The Balaban J connectivity index is 2.32. The van der Waals surface area contributed by atoms with Gasteiger partial charge in [-0.25, -0.2) is 0 Å². The summed E-state index contributed by atoms with van der Waals surface area (Å²) in [6.07, 6.45) is 3.91. The lowest BCUT2D eigenvalue weighted by Crippen LogP contribution is -2.48. The van der Waals surface area contributed by atoms with Crippen molar-refractivity contribution in [2.45, 2.75) is 109 Å². The summed E-state index contributed by atoms with van der Waals surface area (Å²) in [5.41, 5.74) is 1.29. The van der Waals surface area contributed by atoms with Crippen LogP contribution in [0.2, 0.25) is 36.3 Å². The van der Waals surface area contributed by atoms with E-state index < -0.39 is 16.6 Å². The third-order valence-corrected chi connectivity index (χ3v) is 16.6. The Morgan fingerprint density at radius 3 is 1.87 bits per heavy atom. The molecule has 2 atom stereocenters. The van der Waals surface area contributed by atoms with Crippen molar-refractivity contribution in [1.82, 2.24) is 4.90 Å². The second kappa shape index (κ2) is 9.09. The van der Waals surface area contributed by atoms with Crippen molar-refractivity contribution in [3.05, 3.63) is 29.8 Å². The van der Waals surface area contributed by atoms with E-state index in [2.05, 4.69) is 104 Å². The van der Waals surface area contributed by atoms with Gasteiger partial charge in [0.25, 0.3) is 0 Å². The van der Waals surface area contributed by atoms with Crippen LogP contribution in [0.1, 0.15) is 72.5 Å². The number of benzene rings is 1. The minimum Gasteiger partial charge on any atom is -0.544 e. The van der Waals surface area contributed by atoms with Gasteiger partial charge in [0.15, 0.2) is 8.32 Å². The van der Waals surface area contributed by atoms with E-state index in [1.165, 1.54) is 24.8 Å². The van der Waals surface area contributed by atoms with Gasteiger partial charge < -0.3 is 13.8 Å². The van der Waals surface area contributed by atoms with Crippen LogP contribution < -0.4 is 4.43 Å². The SMILES string of the molecule is CN1CCCC[C@H]1[C@@H](O[Si](C)(C)C(C)(C)C)c1ccc(O[Si](C)(C)C(C)(C)C)cc1. The van der Waals surface area contributed by atoms with E-state index in [4.69, 9.17) is 8.85 Å². The van der Waals surface area contributed by atoms with Gasteiger partial charge in [-0.1, -0.05) is 60.1 Å². The highest BCUT2D eigenvalue weighted by atomic mass is 28.4. The molecule has 1 heterocycles. The van der Waals surface area contributed by atoms with E-state index in [9.17, 15) is 0 Å². The molecule has 30 heavy (non-hydrogen) atoms. The molecule has 0 aliphatic carbocycles. The lowest BCUT2D eigenvalue weighted by Gasteiger charge is -2.45. The predicted molar refractivity (Wildman–Crippen MR) is 136 cm³/mol. The van der Waals surface area contributed by atoms with Crippen LogP contribution in [0.4, 0.5) is 0 Å². The molecule has 1 aliphatic heterocycles. The quantitative estimate of drug-likeness (QED) is 0.417. The van der Waals surface area contributed by atoms with Crippen molar-refractivity contribution in [2.24, 2.45) is 0 Å². The van der Waals surface area contributed by atoms with Gasteiger partial charge in [-0.05, 0) is 80.4 Å². The third kappa shape index (κ3) is 5.99. The van der Waals surface area contributed by atoms with Crippen LogP contribution in [-0.4, -0.2) is 41.2 Å². The highest BCUT2D eigenvalue weighted by Gasteiger charge is 2.42. The molecule has 1 fully saturated rings. The molecule has 0 bridgehead atoms. The van der Waals surface area contributed by atoms with Gasteiger partial charge >= 0.3 is 0 Å². The zero-order valence-electron chi connectivity index (χ0n) is 21.6. The molecule has 0 radical (unpaired) electrons. The van der Waals surface area contributed by atoms with E-state index in [1.807, 2.05) is 0 Å². The summed E-state index contributed by atoms with van der Waals surface area (Å²) in [5, 5.41) is 0.397. The maximum absolute atomic E-state index is 7.06. The van der Waals surface area contributed by atoms with Crippen LogP contribution in [0.25, 0.3) is 0 Å². The molecule has 0 spiro atoms. The van der Waals surface area contributed by atoms with Crippen molar-refractivity contribution >= 4 is 16.6 Å². The summed E-state index contributed by atoms with van der Waals surface area (Å²) in [6, 6.07) is 9.28. The first-order valence-electron chi connectivity index (χ1n) is 11.7. The number of nitrogens with zero attached hydrogens (tertiary/aromatic N) is 1. The van der Waals surface area contributed by atoms with Crippen molar-refractivity contribution in [3.8, 4) is 5.75 Å². The highest BCUT2D eigenvalue weighted by Crippen LogP contribution is 2.43. The molecule has 1 aromatic rings. The number of hydrogen-bond donors (Lipinski definition) is 0. The lowest BCUT2D eigenvalue weighted by molar-refractivity contribution is 0.0478. The molecule has 0 N–H and O–H groups in total. The minimum atomic E-state index is -1.89. The molecule has 1 saturated heterocycles. The van der Waals surface area contributed by atoms with Crippen LogP contribution in [-0.2, 0) is 4.43 Å². The van der Waals surface area contributed by atoms with Crippen LogP contribution >= 0.6 is 0 Å². The van der Waals surface area contributed by atoms with E-state index in [0.29, 0.717) is 6.04 Å². The smallest absolute Gasteiger partial charge is 0.250 e. The summed E-state index contributed by atoms with van der Waals surface area (Å²) >= 11 is 0. The molecule has 1 aromatic carbocycles. The van der Waals surface area contributed by atoms with Crippen LogP contribution in [0.5, 0.6) is 5.75 Å². The molecule has 172 valence electrons. The topological polar surface area (TPSA) is 21.7 Å². The summed E-state index contributed by atoms with van der Waals surface area (Å²) in [7, 11) is -1.46. The van der Waals surface area contributed by atoms with Gasteiger partial charge in [-0.3, -0.25) is 0 Å². The second-order valence-electron chi connectivity index (χ2n) is 12.3. The van der Waals surface area contributed by atoms with E-state index in [-0.39, 0.29) is 16.2 Å². The molecule has 2 rings (SSSR count). The number of likely N-dealkylation sites (N-methyl/N-ethyl adjacent to an activating group) is 1. The number of rotatable bonds is 6. The van der Waals surface area contributed by atoms with Gasteiger partial charge in [0.2, 0.25) is 8.32 Å². The van der Waals surface area contributed by atoms with E-state index in [0.717, 1.165) is 12.3 Å². The molecule has 5 heteroatoms. The fraction of sp³-hybridized carbons (Fsp3) is 0.760. The van der Waals surface area contributed by atoms with Crippen molar-refractivity contribution in [3.63, 3.8) is 0 Å². The third-order valence-electron chi connectivity index (χ3n) is 7.79. The normalized spacial score (nSPS) is 20.8. The molecular formula is C25H47NO2Si2. The number of hydrogen-bond acceptors (Lipinski definition) is 3. The summed E-state index contributed by atoms with van der Waals surface area (Å²) < 4.78 is 13.6. The Bertz CT molecular complexity index is 687. The molecule has 0 saturated carbocycles. The fourth-order valence-corrected chi connectivity index (χ4v) is 5.83. The van der Waals surface area contributed by atoms with Crippen LogP contribution in [0, 0.1) is 0 Å². The standard InChI is InChI=1S/C25H47NO2Si2/c1-24(2,3)29(8,9)27-21-17-15-20(16-18-21)23(22-14-12-13-19-26(22)7)28-30(10,11)25(4,5)6/h15-18,22-23H,12-14,19H2,1-11H3/t22-,23-/m0/s1. The average molecular weight is 450 g/mol. The zero-order valence-corrected chi connectivity index (χ0v) is 23.6. The summed E-state index contributed by atoms with van der Waals surface area (Å²) in [4.78, 5) is 2.52. The monoisotopic (exact) mass is 449 g/mol. The van der Waals surface area contributed by atoms with Crippen molar-refractivity contribution in [1.29, 1.82) is 0 Å². The number of likely N-dealkylation sites (tertiary alicyclic amines) is 1. The zero-order chi connectivity index (χ0) is 23.0. The fourth-order valence-electron chi connectivity index (χ4n) is 3.52. The second-order valence-corrected chi connectivity index (χ2v) is 21.8. The van der Waals surface area contributed by atoms with Crippen molar-refractivity contribution < 1.29 is 8.85 Å². The Labute approximate surface area is 188 Å². The van der Waals surface area contributed by atoms with Gasteiger partial charge in [-0.2, -0.15) is 0 Å². The van der Waals surface area contributed by atoms with Gasteiger partial charge in [0, 0.05) is 6.04 Å². The number of piperidine rings is 1. The predicted octanol–water partition coefficient (Wildman–Crippen LogP) is 7.62. The Morgan fingerprint density at radius 2 is 1.40 bits per heavy atom. The van der Waals surface area contributed by atoms with Crippen LogP contribution in [0.3, 0.4) is 0 Å². The molecule has 3 nitrogen and oxygen atoms in total. The summed E-state index contributed by atoms with van der Waals surface area (Å²) in [5.74, 6) is 0.994. The molecule has 0 aromatic heterocycles. The summed E-state index contributed by atoms with van der Waals surface area (Å²) in [6.45, 7) is 24.4. The highest BCUT2D eigenvalue weighted by molar-refractivity contribution is 6.75. The lowest BCUT2D eigenvalue weighted by atomic mass is 9.93. The molecule has 0 amide bonds. The molecule has 1 aliphatic rings. The van der Waals surface area contributed by atoms with E-state index in [1.54, 1.807) is 0 Å². The van der Waals surface area contributed by atoms with E-state index >= 15 is 0 Å². The Morgan fingerprint density at radius 1 is 0.867 bits per heavy atom. The Hall–Kier alpha value is -0.626.